The van der Waals surface area contributed by atoms with Gasteiger partial charge < -0.3 is 10.2 Å². The maximum atomic E-state index is 4.98. The van der Waals surface area contributed by atoms with Crippen molar-refractivity contribution < 1.29 is 0 Å². The molecule has 5 rings (SSSR count). The van der Waals surface area contributed by atoms with Gasteiger partial charge in [-0.05, 0) is 50.6 Å². The van der Waals surface area contributed by atoms with Gasteiger partial charge in [-0.3, -0.25) is 14.4 Å². The molecule has 1 atom stereocenters. The molecule has 0 fully saturated rings. The summed E-state index contributed by atoms with van der Waals surface area (Å²) in [6.07, 6.45) is 1.16. The number of hydrogen-bond donors (Lipinski definition) is 1. The highest BCUT2D eigenvalue weighted by Crippen LogP contribution is 2.35. The van der Waals surface area contributed by atoms with Crippen LogP contribution < -0.4 is 10.2 Å². The van der Waals surface area contributed by atoms with Crippen molar-refractivity contribution in [3.63, 3.8) is 0 Å². The summed E-state index contributed by atoms with van der Waals surface area (Å²) in [5.41, 5.74) is 2.17. The maximum absolute atomic E-state index is 4.98. The first-order valence-electron chi connectivity index (χ1n) is 9.67. The Bertz CT molecular complexity index is 991. The van der Waals surface area contributed by atoms with Crippen LogP contribution in [0.2, 0.25) is 0 Å². The first-order valence-corrected chi connectivity index (χ1v) is 10.5. The fourth-order valence-corrected chi connectivity index (χ4v) is 4.67. The van der Waals surface area contributed by atoms with E-state index in [-0.39, 0.29) is 6.17 Å². The number of benzene rings is 1. The monoisotopic (exact) mass is 395 g/mol. The van der Waals surface area contributed by atoms with Crippen molar-refractivity contribution in [2.45, 2.75) is 12.6 Å². The molecule has 0 spiro atoms. The van der Waals surface area contributed by atoms with Gasteiger partial charge in [0.2, 0.25) is 11.9 Å². The topological polar surface area (TPSA) is 51.9 Å². The van der Waals surface area contributed by atoms with Crippen LogP contribution in [-0.2, 0) is 0 Å². The minimum absolute atomic E-state index is 0.0256. The molecule has 0 saturated carbocycles. The summed E-state index contributed by atoms with van der Waals surface area (Å²) in [6, 6.07) is 12.6. The Balaban J connectivity index is 1.51. The number of guanidine groups is 1. The summed E-state index contributed by atoms with van der Waals surface area (Å²) in [5.74, 6) is 1.89. The molecule has 0 aliphatic carbocycles. The maximum Gasteiger partial charge on any atom is 0.216 e. The lowest BCUT2D eigenvalue weighted by atomic mass is 10.3. The van der Waals surface area contributed by atoms with E-state index >= 15 is 0 Å². The van der Waals surface area contributed by atoms with Crippen LogP contribution in [0.4, 0.5) is 5.95 Å². The van der Waals surface area contributed by atoms with Crippen LogP contribution in [0.5, 0.6) is 0 Å². The zero-order chi connectivity index (χ0) is 19.1. The highest BCUT2D eigenvalue weighted by atomic mass is 32.1. The minimum Gasteiger partial charge on any atom is -0.331 e. The first kappa shape index (κ1) is 17.7. The molecule has 0 bridgehead atoms. The Hall–Kier alpha value is -2.42. The molecule has 0 radical (unpaired) electrons. The summed E-state index contributed by atoms with van der Waals surface area (Å²) in [4.78, 5) is 17.9. The molecule has 146 valence electrons. The largest absolute Gasteiger partial charge is 0.331 e. The number of aliphatic imine (C=N–C) groups is 1. The number of hydrogen-bond acceptors (Lipinski definition) is 7. The third kappa shape index (κ3) is 3.07. The molecule has 0 amide bonds. The number of thiophene rings is 1. The Morgan fingerprint density at radius 3 is 2.93 bits per heavy atom. The summed E-state index contributed by atoms with van der Waals surface area (Å²) >= 11 is 1.76. The molecule has 3 aromatic rings. The van der Waals surface area contributed by atoms with E-state index in [0.717, 1.165) is 55.8 Å². The molecule has 1 N–H and O–H groups in total. The van der Waals surface area contributed by atoms with E-state index in [4.69, 9.17) is 9.98 Å². The van der Waals surface area contributed by atoms with Crippen LogP contribution >= 0.6 is 11.3 Å². The lowest BCUT2D eigenvalue weighted by Gasteiger charge is -2.41. The lowest BCUT2D eigenvalue weighted by Crippen LogP contribution is -2.57. The molecular formula is C20H25N7S. The second kappa shape index (κ2) is 7.20. The van der Waals surface area contributed by atoms with Crippen molar-refractivity contribution in [1.29, 1.82) is 0 Å². The smallest absolute Gasteiger partial charge is 0.216 e. The fourth-order valence-electron chi connectivity index (χ4n) is 3.91. The lowest BCUT2D eigenvalue weighted by molar-refractivity contribution is 0.254. The van der Waals surface area contributed by atoms with E-state index < -0.39 is 0 Å². The van der Waals surface area contributed by atoms with Crippen molar-refractivity contribution in [3.05, 3.63) is 46.7 Å². The zero-order valence-electron chi connectivity index (χ0n) is 16.2. The number of imidazole rings is 1. The Kier molecular flexibility index (Phi) is 4.54. The standard InChI is InChI=1S/C20H25N7S/c1-24(2)10-6-11-25-13-21-19-23-18(17-9-5-12-28-17)27-16-8-4-3-7-15(16)22-20(27)26(19)14-25/h3-5,7-9,12,18H,6,10-11,13-14H2,1-2H3,(H,21,23)/t18-/m1/s1. The van der Waals surface area contributed by atoms with Gasteiger partial charge in [0.05, 0.1) is 24.4 Å². The third-order valence-corrected chi connectivity index (χ3v) is 6.18. The summed E-state index contributed by atoms with van der Waals surface area (Å²) < 4.78 is 2.31. The molecular weight excluding hydrogens is 370 g/mol. The normalized spacial score (nSPS) is 19.5. The summed E-state index contributed by atoms with van der Waals surface area (Å²) in [5, 5.41) is 5.78. The number of rotatable bonds is 5. The molecule has 4 heterocycles. The number of nitrogens with one attached hydrogen (secondary N) is 1. The van der Waals surface area contributed by atoms with Crippen LogP contribution in [-0.4, -0.2) is 65.8 Å². The molecule has 28 heavy (non-hydrogen) atoms. The zero-order valence-corrected chi connectivity index (χ0v) is 17.1. The first-order chi connectivity index (χ1) is 13.7. The van der Waals surface area contributed by atoms with Crippen LogP contribution in [0, 0.1) is 0 Å². The molecule has 2 aliphatic rings. The molecule has 8 heteroatoms. The van der Waals surface area contributed by atoms with Crippen molar-refractivity contribution >= 4 is 34.3 Å². The third-order valence-electron chi connectivity index (χ3n) is 5.25. The van der Waals surface area contributed by atoms with Crippen LogP contribution in [0.25, 0.3) is 11.0 Å². The second-order valence-electron chi connectivity index (χ2n) is 7.58. The van der Waals surface area contributed by atoms with Gasteiger partial charge in [-0.2, -0.15) is 0 Å². The predicted molar refractivity (Wildman–Crippen MR) is 115 cm³/mol. The molecule has 7 nitrogen and oxygen atoms in total. The van der Waals surface area contributed by atoms with Gasteiger partial charge in [-0.15, -0.1) is 11.3 Å². The van der Waals surface area contributed by atoms with Crippen LogP contribution in [0.1, 0.15) is 17.5 Å². The molecule has 2 aromatic heterocycles. The predicted octanol–water partition coefficient (Wildman–Crippen LogP) is 2.59. The van der Waals surface area contributed by atoms with Crippen molar-refractivity contribution in [1.82, 2.24) is 24.7 Å². The Labute approximate surface area is 168 Å². The average molecular weight is 396 g/mol. The van der Waals surface area contributed by atoms with Gasteiger partial charge in [0, 0.05) is 11.4 Å². The Morgan fingerprint density at radius 1 is 1.21 bits per heavy atom. The number of anilines is 1. The van der Waals surface area contributed by atoms with E-state index in [9.17, 15) is 0 Å². The van der Waals surface area contributed by atoms with E-state index in [1.165, 1.54) is 4.88 Å². The summed E-state index contributed by atoms with van der Waals surface area (Å²) in [6.45, 7) is 3.65. The van der Waals surface area contributed by atoms with E-state index in [2.05, 4.69) is 74.4 Å². The van der Waals surface area contributed by atoms with E-state index in [1.807, 2.05) is 6.07 Å². The van der Waals surface area contributed by atoms with E-state index in [1.54, 1.807) is 11.3 Å². The van der Waals surface area contributed by atoms with Gasteiger partial charge in [-0.25, -0.2) is 9.98 Å². The van der Waals surface area contributed by atoms with Crippen LogP contribution in [0.3, 0.4) is 0 Å². The van der Waals surface area contributed by atoms with Crippen molar-refractivity contribution in [2.75, 3.05) is 45.4 Å². The number of fused-ring (bicyclic) bond motifs is 5. The van der Waals surface area contributed by atoms with Gasteiger partial charge >= 0.3 is 0 Å². The SMILES string of the molecule is CN(C)CCCN1CN=C2N[C@@H](c3cccs3)n3c(nc4ccccc43)N2C1. The minimum atomic E-state index is 0.0256. The molecule has 0 saturated heterocycles. The van der Waals surface area contributed by atoms with Gasteiger partial charge in [0.25, 0.3) is 0 Å². The van der Waals surface area contributed by atoms with Gasteiger partial charge in [-0.1, -0.05) is 18.2 Å². The highest BCUT2D eigenvalue weighted by molar-refractivity contribution is 7.10. The van der Waals surface area contributed by atoms with Crippen molar-refractivity contribution in [3.8, 4) is 0 Å². The highest BCUT2D eigenvalue weighted by Gasteiger charge is 2.35. The Morgan fingerprint density at radius 2 is 2.11 bits per heavy atom. The van der Waals surface area contributed by atoms with Gasteiger partial charge in [0.1, 0.15) is 6.17 Å². The van der Waals surface area contributed by atoms with Crippen LogP contribution in [0.15, 0.2) is 46.8 Å². The summed E-state index contributed by atoms with van der Waals surface area (Å²) in [7, 11) is 4.24. The molecule has 0 unspecified atom stereocenters. The molecule has 2 aliphatic heterocycles. The fraction of sp³-hybridized carbons (Fsp3) is 0.400. The number of nitrogens with zero attached hydrogens (tertiary/aromatic N) is 6. The average Bonchev–Trinajstić information content (AvgIpc) is 3.35. The quantitative estimate of drug-likeness (QED) is 0.720. The van der Waals surface area contributed by atoms with Crippen molar-refractivity contribution in [2.24, 2.45) is 4.99 Å². The van der Waals surface area contributed by atoms with Gasteiger partial charge in [0.15, 0.2) is 0 Å². The molecule has 1 aromatic carbocycles. The number of para-hydroxylation sites is 2. The second-order valence-corrected chi connectivity index (χ2v) is 8.56. The number of aromatic nitrogens is 2. The van der Waals surface area contributed by atoms with E-state index in [0.29, 0.717) is 0 Å².